The van der Waals surface area contributed by atoms with Crippen molar-refractivity contribution in [2.75, 3.05) is 13.7 Å². The minimum absolute atomic E-state index is 0.0502. The Morgan fingerprint density at radius 2 is 2.29 bits per heavy atom. The standard InChI is InChI=1S/C12H18N2O3/c1-3-9(13)7-14-12(16)8-4-5-11(17-2)10(15)6-8/h4-6,9,15H,3,7,13H2,1-2H3,(H,14,16). The van der Waals surface area contributed by atoms with E-state index in [-0.39, 0.29) is 17.7 Å². The Morgan fingerprint density at radius 3 is 2.82 bits per heavy atom. The summed E-state index contributed by atoms with van der Waals surface area (Å²) < 4.78 is 4.89. The maximum Gasteiger partial charge on any atom is 0.251 e. The normalized spacial score (nSPS) is 11.9. The molecular formula is C12H18N2O3. The molecule has 1 atom stereocenters. The molecule has 0 aliphatic carbocycles. The Balaban J connectivity index is 2.66. The summed E-state index contributed by atoms with van der Waals surface area (Å²) >= 11 is 0. The molecule has 0 saturated heterocycles. The molecule has 0 saturated carbocycles. The Kier molecular flexibility index (Phi) is 4.78. The van der Waals surface area contributed by atoms with Crippen LogP contribution in [0.2, 0.25) is 0 Å². The fourth-order valence-corrected chi connectivity index (χ4v) is 1.30. The first-order valence-electron chi connectivity index (χ1n) is 5.49. The highest BCUT2D eigenvalue weighted by Gasteiger charge is 2.10. The molecule has 0 bridgehead atoms. The average Bonchev–Trinajstić information content (AvgIpc) is 2.35. The first kappa shape index (κ1) is 13.3. The van der Waals surface area contributed by atoms with E-state index in [1.165, 1.54) is 13.2 Å². The molecule has 4 N–H and O–H groups in total. The zero-order chi connectivity index (χ0) is 12.8. The van der Waals surface area contributed by atoms with Gasteiger partial charge in [-0.1, -0.05) is 6.92 Å². The molecule has 5 heteroatoms. The molecule has 0 aromatic heterocycles. The summed E-state index contributed by atoms with van der Waals surface area (Å²) in [6.07, 6.45) is 0.800. The van der Waals surface area contributed by atoms with Crippen LogP contribution in [0, 0.1) is 0 Å². The van der Waals surface area contributed by atoms with Crippen LogP contribution in [-0.2, 0) is 0 Å². The van der Waals surface area contributed by atoms with Crippen molar-refractivity contribution in [3.05, 3.63) is 23.8 Å². The number of methoxy groups -OCH3 is 1. The van der Waals surface area contributed by atoms with Crippen molar-refractivity contribution >= 4 is 5.91 Å². The summed E-state index contributed by atoms with van der Waals surface area (Å²) in [5, 5.41) is 12.2. The van der Waals surface area contributed by atoms with E-state index in [9.17, 15) is 9.90 Å². The summed E-state index contributed by atoms with van der Waals surface area (Å²) in [6.45, 7) is 2.37. The number of carbonyl (C=O) groups is 1. The number of hydrogen-bond donors (Lipinski definition) is 3. The monoisotopic (exact) mass is 238 g/mol. The summed E-state index contributed by atoms with van der Waals surface area (Å²) in [4.78, 5) is 11.7. The zero-order valence-corrected chi connectivity index (χ0v) is 10.1. The van der Waals surface area contributed by atoms with Gasteiger partial charge in [0.15, 0.2) is 11.5 Å². The van der Waals surface area contributed by atoms with Gasteiger partial charge in [-0.15, -0.1) is 0 Å². The number of benzene rings is 1. The van der Waals surface area contributed by atoms with Crippen molar-refractivity contribution in [3.63, 3.8) is 0 Å². The van der Waals surface area contributed by atoms with Gasteiger partial charge in [0.1, 0.15) is 0 Å². The predicted molar refractivity (Wildman–Crippen MR) is 65.3 cm³/mol. The van der Waals surface area contributed by atoms with E-state index in [2.05, 4.69) is 5.32 Å². The molecule has 1 amide bonds. The van der Waals surface area contributed by atoms with Crippen LogP contribution >= 0.6 is 0 Å². The zero-order valence-electron chi connectivity index (χ0n) is 10.1. The van der Waals surface area contributed by atoms with Crippen molar-refractivity contribution in [2.45, 2.75) is 19.4 Å². The molecule has 0 aliphatic rings. The summed E-state index contributed by atoms with van der Waals surface area (Å²) in [5.74, 6) is 0.0265. The van der Waals surface area contributed by atoms with Gasteiger partial charge in [-0.25, -0.2) is 0 Å². The van der Waals surface area contributed by atoms with Crippen LogP contribution in [0.3, 0.4) is 0 Å². The highest BCUT2D eigenvalue weighted by molar-refractivity contribution is 5.94. The van der Waals surface area contributed by atoms with Gasteiger partial charge < -0.3 is 20.9 Å². The molecule has 0 aliphatic heterocycles. The van der Waals surface area contributed by atoms with Gasteiger partial charge in [0.05, 0.1) is 7.11 Å². The third kappa shape index (κ3) is 3.64. The van der Waals surface area contributed by atoms with Crippen LogP contribution in [0.4, 0.5) is 0 Å². The largest absolute Gasteiger partial charge is 0.504 e. The SMILES string of the molecule is CCC(N)CNC(=O)c1ccc(OC)c(O)c1. The Hall–Kier alpha value is -1.75. The number of carbonyl (C=O) groups excluding carboxylic acids is 1. The quantitative estimate of drug-likeness (QED) is 0.710. The van der Waals surface area contributed by atoms with Crippen molar-refractivity contribution in [2.24, 2.45) is 5.73 Å². The van der Waals surface area contributed by atoms with Crippen molar-refractivity contribution in [1.82, 2.24) is 5.32 Å². The van der Waals surface area contributed by atoms with E-state index in [1.54, 1.807) is 12.1 Å². The molecule has 0 heterocycles. The van der Waals surface area contributed by atoms with E-state index in [1.807, 2.05) is 6.92 Å². The van der Waals surface area contributed by atoms with Crippen LogP contribution < -0.4 is 15.8 Å². The number of ether oxygens (including phenoxy) is 1. The van der Waals surface area contributed by atoms with E-state index in [4.69, 9.17) is 10.5 Å². The summed E-state index contributed by atoms with van der Waals surface area (Å²) in [5.41, 5.74) is 6.07. The molecule has 94 valence electrons. The number of rotatable bonds is 5. The Morgan fingerprint density at radius 1 is 1.59 bits per heavy atom. The van der Waals surface area contributed by atoms with E-state index < -0.39 is 0 Å². The number of nitrogens with one attached hydrogen (secondary N) is 1. The number of nitrogens with two attached hydrogens (primary N) is 1. The lowest BCUT2D eigenvalue weighted by Crippen LogP contribution is -2.36. The lowest BCUT2D eigenvalue weighted by Gasteiger charge is -2.11. The first-order valence-corrected chi connectivity index (χ1v) is 5.49. The lowest BCUT2D eigenvalue weighted by molar-refractivity contribution is 0.0950. The summed E-state index contributed by atoms with van der Waals surface area (Å²) in [6, 6.07) is 4.45. The maximum atomic E-state index is 11.7. The molecule has 0 radical (unpaired) electrons. The van der Waals surface area contributed by atoms with Crippen molar-refractivity contribution in [3.8, 4) is 11.5 Å². The van der Waals surface area contributed by atoms with Gasteiger partial charge in [-0.3, -0.25) is 4.79 Å². The van der Waals surface area contributed by atoms with Crippen LogP contribution in [0.5, 0.6) is 11.5 Å². The predicted octanol–water partition coefficient (Wildman–Crippen LogP) is 0.868. The third-order valence-corrected chi connectivity index (χ3v) is 2.49. The van der Waals surface area contributed by atoms with Crippen molar-refractivity contribution < 1.29 is 14.6 Å². The first-order chi connectivity index (χ1) is 8.08. The van der Waals surface area contributed by atoms with Gasteiger partial charge in [0.2, 0.25) is 0 Å². The van der Waals surface area contributed by atoms with Gasteiger partial charge in [-0.05, 0) is 24.6 Å². The van der Waals surface area contributed by atoms with Crippen LogP contribution in [0.15, 0.2) is 18.2 Å². The van der Waals surface area contributed by atoms with Gasteiger partial charge in [-0.2, -0.15) is 0 Å². The van der Waals surface area contributed by atoms with E-state index in [0.29, 0.717) is 17.9 Å². The number of phenols is 1. The molecule has 1 aromatic carbocycles. The number of aromatic hydroxyl groups is 1. The average molecular weight is 238 g/mol. The molecule has 5 nitrogen and oxygen atoms in total. The van der Waals surface area contributed by atoms with Crippen LogP contribution in [0.1, 0.15) is 23.7 Å². The minimum Gasteiger partial charge on any atom is -0.504 e. The Bertz CT molecular complexity index is 393. The fourth-order valence-electron chi connectivity index (χ4n) is 1.30. The maximum absolute atomic E-state index is 11.7. The number of hydrogen-bond acceptors (Lipinski definition) is 4. The smallest absolute Gasteiger partial charge is 0.251 e. The summed E-state index contributed by atoms with van der Waals surface area (Å²) in [7, 11) is 1.45. The van der Waals surface area contributed by atoms with Crippen molar-refractivity contribution in [1.29, 1.82) is 0 Å². The topological polar surface area (TPSA) is 84.6 Å². The third-order valence-electron chi connectivity index (χ3n) is 2.49. The minimum atomic E-state index is -0.258. The molecule has 1 aromatic rings. The Labute approximate surface area is 101 Å². The molecule has 0 spiro atoms. The molecular weight excluding hydrogens is 220 g/mol. The fraction of sp³-hybridized carbons (Fsp3) is 0.417. The van der Waals surface area contributed by atoms with Gasteiger partial charge in [0, 0.05) is 18.2 Å². The van der Waals surface area contributed by atoms with Gasteiger partial charge in [0.25, 0.3) is 5.91 Å². The lowest BCUT2D eigenvalue weighted by atomic mass is 10.1. The number of amides is 1. The van der Waals surface area contributed by atoms with Gasteiger partial charge >= 0.3 is 0 Å². The molecule has 1 unspecified atom stereocenters. The second-order valence-corrected chi connectivity index (χ2v) is 3.76. The highest BCUT2D eigenvalue weighted by Crippen LogP contribution is 2.25. The van der Waals surface area contributed by atoms with E-state index >= 15 is 0 Å². The molecule has 1 rings (SSSR count). The number of phenolic OH excluding ortho intramolecular Hbond substituents is 1. The molecule has 17 heavy (non-hydrogen) atoms. The van der Waals surface area contributed by atoms with Crippen LogP contribution in [-0.4, -0.2) is 30.7 Å². The second-order valence-electron chi connectivity index (χ2n) is 3.76. The van der Waals surface area contributed by atoms with Crippen LogP contribution in [0.25, 0.3) is 0 Å². The second kappa shape index (κ2) is 6.10. The highest BCUT2D eigenvalue weighted by atomic mass is 16.5. The molecule has 0 fully saturated rings. The van der Waals surface area contributed by atoms with E-state index in [0.717, 1.165) is 6.42 Å².